The van der Waals surface area contributed by atoms with Crippen LogP contribution in [-0.4, -0.2) is 19.7 Å². The van der Waals surface area contributed by atoms with E-state index in [2.05, 4.69) is 0 Å². The average Bonchev–Trinajstić information content (AvgIpc) is 2.95. The van der Waals surface area contributed by atoms with E-state index in [4.69, 9.17) is 9.47 Å². The van der Waals surface area contributed by atoms with Gasteiger partial charge in [-0.05, 0) is 30.7 Å². The van der Waals surface area contributed by atoms with Crippen LogP contribution in [-0.2, 0) is 4.74 Å². The van der Waals surface area contributed by atoms with Gasteiger partial charge >= 0.3 is 5.97 Å². The van der Waals surface area contributed by atoms with Gasteiger partial charge in [-0.25, -0.2) is 4.79 Å². The molecule has 0 bridgehead atoms. The van der Waals surface area contributed by atoms with Gasteiger partial charge in [0.15, 0.2) is 0 Å². The first-order chi connectivity index (χ1) is 10.7. The second kappa shape index (κ2) is 6.20. The van der Waals surface area contributed by atoms with Crippen molar-refractivity contribution in [3.05, 3.63) is 53.4 Å². The van der Waals surface area contributed by atoms with Crippen LogP contribution >= 0.6 is 11.3 Å². The maximum Gasteiger partial charge on any atom is 0.348 e. The van der Waals surface area contributed by atoms with E-state index in [1.54, 1.807) is 7.11 Å². The summed E-state index contributed by atoms with van der Waals surface area (Å²) in [5.74, 6) is 0.524. The van der Waals surface area contributed by atoms with Crippen LogP contribution in [0.15, 0.2) is 48.5 Å². The number of carbonyl (C=O) groups excluding carboxylic acids is 1. The molecule has 0 spiro atoms. The van der Waals surface area contributed by atoms with Gasteiger partial charge in [-0.1, -0.05) is 30.3 Å². The Kier molecular flexibility index (Phi) is 4.11. The molecule has 2 aromatic carbocycles. The molecule has 0 unspecified atom stereocenters. The van der Waals surface area contributed by atoms with Gasteiger partial charge in [0.25, 0.3) is 0 Å². The SMILES string of the molecule is CCOC(=O)c1sc2ccccc2c1-c1ccc(OC)cc1. The summed E-state index contributed by atoms with van der Waals surface area (Å²) >= 11 is 1.47. The van der Waals surface area contributed by atoms with E-state index in [9.17, 15) is 4.79 Å². The zero-order chi connectivity index (χ0) is 15.5. The Morgan fingerprint density at radius 2 is 1.82 bits per heavy atom. The third-order valence-electron chi connectivity index (χ3n) is 3.44. The third-order valence-corrected chi connectivity index (χ3v) is 4.59. The first-order valence-corrected chi connectivity index (χ1v) is 7.89. The second-order valence-electron chi connectivity index (χ2n) is 4.75. The number of ether oxygens (including phenoxy) is 2. The summed E-state index contributed by atoms with van der Waals surface area (Å²) in [5.41, 5.74) is 1.92. The summed E-state index contributed by atoms with van der Waals surface area (Å²) in [6.07, 6.45) is 0. The van der Waals surface area contributed by atoms with Crippen LogP contribution in [0.1, 0.15) is 16.6 Å². The lowest BCUT2D eigenvalue weighted by molar-refractivity contribution is 0.0533. The number of benzene rings is 2. The van der Waals surface area contributed by atoms with Crippen LogP contribution in [0, 0.1) is 0 Å². The highest BCUT2D eigenvalue weighted by Crippen LogP contribution is 2.39. The summed E-state index contributed by atoms with van der Waals surface area (Å²) in [4.78, 5) is 12.9. The highest BCUT2D eigenvalue weighted by molar-refractivity contribution is 7.21. The van der Waals surface area contributed by atoms with Gasteiger partial charge in [0.2, 0.25) is 0 Å². The van der Waals surface area contributed by atoms with E-state index in [1.807, 2.05) is 55.5 Å². The van der Waals surface area contributed by atoms with E-state index in [1.165, 1.54) is 11.3 Å². The largest absolute Gasteiger partial charge is 0.497 e. The molecule has 0 aliphatic carbocycles. The predicted molar refractivity (Wildman–Crippen MR) is 89.8 cm³/mol. The van der Waals surface area contributed by atoms with E-state index < -0.39 is 0 Å². The molecule has 0 aliphatic rings. The monoisotopic (exact) mass is 312 g/mol. The minimum Gasteiger partial charge on any atom is -0.497 e. The molecule has 0 saturated carbocycles. The van der Waals surface area contributed by atoms with Gasteiger partial charge in [0.05, 0.1) is 13.7 Å². The minimum atomic E-state index is -0.269. The lowest BCUT2D eigenvalue weighted by Gasteiger charge is -2.06. The molecule has 0 saturated heterocycles. The van der Waals surface area contributed by atoms with E-state index in [0.717, 1.165) is 27.0 Å². The molecule has 1 aromatic heterocycles. The molecule has 0 atom stereocenters. The maximum atomic E-state index is 12.3. The van der Waals surface area contributed by atoms with Crippen molar-refractivity contribution in [2.75, 3.05) is 13.7 Å². The summed E-state index contributed by atoms with van der Waals surface area (Å²) in [6, 6.07) is 15.8. The molecule has 1 heterocycles. The fraction of sp³-hybridized carbons (Fsp3) is 0.167. The normalized spacial score (nSPS) is 10.6. The van der Waals surface area contributed by atoms with Crippen molar-refractivity contribution in [2.45, 2.75) is 6.92 Å². The number of hydrogen-bond acceptors (Lipinski definition) is 4. The summed E-state index contributed by atoms with van der Waals surface area (Å²) in [5, 5.41) is 1.07. The Morgan fingerprint density at radius 3 is 2.50 bits per heavy atom. The molecule has 22 heavy (non-hydrogen) atoms. The number of hydrogen-bond donors (Lipinski definition) is 0. The predicted octanol–water partition coefficient (Wildman–Crippen LogP) is 4.75. The van der Waals surface area contributed by atoms with Gasteiger partial charge in [0.1, 0.15) is 10.6 Å². The third kappa shape index (κ3) is 2.57. The highest BCUT2D eigenvalue weighted by Gasteiger charge is 2.20. The fourth-order valence-corrected chi connectivity index (χ4v) is 3.55. The number of carbonyl (C=O) groups is 1. The molecule has 4 heteroatoms. The Bertz CT molecular complexity index is 803. The molecule has 112 valence electrons. The van der Waals surface area contributed by atoms with Crippen molar-refractivity contribution in [1.29, 1.82) is 0 Å². The van der Waals surface area contributed by atoms with Crippen molar-refractivity contribution in [1.82, 2.24) is 0 Å². The topological polar surface area (TPSA) is 35.5 Å². The van der Waals surface area contributed by atoms with Crippen molar-refractivity contribution in [2.24, 2.45) is 0 Å². The molecule has 0 fully saturated rings. The molecule has 0 N–H and O–H groups in total. The Hall–Kier alpha value is -2.33. The number of fused-ring (bicyclic) bond motifs is 1. The van der Waals surface area contributed by atoms with Crippen LogP contribution in [0.5, 0.6) is 5.75 Å². The number of methoxy groups -OCH3 is 1. The summed E-state index contributed by atoms with van der Waals surface area (Å²) < 4.78 is 11.5. The van der Waals surface area contributed by atoms with Gasteiger partial charge in [-0.2, -0.15) is 0 Å². The molecule has 0 radical (unpaired) electrons. The molecule has 3 rings (SSSR count). The lowest BCUT2D eigenvalue weighted by atomic mass is 10.0. The van der Waals surface area contributed by atoms with Crippen LogP contribution in [0.25, 0.3) is 21.2 Å². The number of esters is 1. The molecular weight excluding hydrogens is 296 g/mol. The Labute approximate surface area is 133 Å². The smallest absolute Gasteiger partial charge is 0.348 e. The average molecular weight is 312 g/mol. The Balaban J connectivity index is 2.20. The van der Waals surface area contributed by atoms with Crippen LogP contribution in [0.2, 0.25) is 0 Å². The molecule has 3 aromatic rings. The first-order valence-electron chi connectivity index (χ1n) is 7.07. The van der Waals surface area contributed by atoms with Gasteiger partial charge in [-0.3, -0.25) is 0 Å². The minimum absolute atomic E-state index is 0.269. The van der Waals surface area contributed by atoms with Crippen molar-refractivity contribution < 1.29 is 14.3 Å². The number of thiophene rings is 1. The Morgan fingerprint density at radius 1 is 1.09 bits per heavy atom. The lowest BCUT2D eigenvalue weighted by Crippen LogP contribution is -2.03. The fourth-order valence-electron chi connectivity index (χ4n) is 2.43. The van der Waals surface area contributed by atoms with Crippen molar-refractivity contribution in [3.8, 4) is 16.9 Å². The van der Waals surface area contributed by atoms with Crippen LogP contribution < -0.4 is 4.74 Å². The van der Waals surface area contributed by atoms with Crippen molar-refractivity contribution in [3.63, 3.8) is 0 Å². The maximum absolute atomic E-state index is 12.3. The number of rotatable bonds is 4. The van der Waals surface area contributed by atoms with E-state index in [0.29, 0.717) is 11.5 Å². The molecule has 0 amide bonds. The first kappa shape index (κ1) is 14.6. The quantitative estimate of drug-likeness (QED) is 0.652. The zero-order valence-electron chi connectivity index (χ0n) is 12.5. The molecular formula is C18H16O3S. The highest BCUT2D eigenvalue weighted by atomic mass is 32.1. The van der Waals surface area contributed by atoms with E-state index in [-0.39, 0.29) is 5.97 Å². The zero-order valence-corrected chi connectivity index (χ0v) is 13.3. The van der Waals surface area contributed by atoms with Gasteiger partial charge < -0.3 is 9.47 Å². The molecule has 3 nitrogen and oxygen atoms in total. The summed E-state index contributed by atoms with van der Waals surface area (Å²) in [7, 11) is 1.64. The second-order valence-corrected chi connectivity index (χ2v) is 5.80. The standard InChI is InChI=1S/C18H16O3S/c1-3-21-18(19)17-16(12-8-10-13(20-2)11-9-12)14-6-4-5-7-15(14)22-17/h4-11H,3H2,1-2H3. The van der Waals surface area contributed by atoms with E-state index >= 15 is 0 Å². The van der Waals surface area contributed by atoms with Gasteiger partial charge in [0, 0.05) is 15.6 Å². The summed E-state index contributed by atoms with van der Waals surface area (Å²) in [6.45, 7) is 2.19. The van der Waals surface area contributed by atoms with Gasteiger partial charge in [-0.15, -0.1) is 11.3 Å². The van der Waals surface area contributed by atoms with Crippen molar-refractivity contribution >= 4 is 27.4 Å². The van der Waals surface area contributed by atoms with Crippen LogP contribution in [0.4, 0.5) is 0 Å². The van der Waals surface area contributed by atoms with Crippen LogP contribution in [0.3, 0.4) is 0 Å². The molecule has 0 aliphatic heterocycles.